The molecule has 2 rings (SSSR count). The van der Waals surface area contributed by atoms with E-state index in [-0.39, 0.29) is 5.41 Å². The van der Waals surface area contributed by atoms with Crippen LogP contribution in [0.5, 0.6) is 0 Å². The average molecular weight is 225 g/mol. The first-order chi connectivity index (χ1) is 7.03. The Balaban J connectivity index is 2.37. The molecule has 1 heterocycles. The zero-order valence-corrected chi connectivity index (χ0v) is 9.86. The number of carboxylic acid groups (broad SMARTS) is 1. The van der Waals surface area contributed by atoms with Crippen LogP contribution in [0.15, 0.2) is 0 Å². The molecule has 0 atom stereocenters. The van der Waals surface area contributed by atoms with Gasteiger partial charge in [0, 0.05) is 5.41 Å². The second-order valence-electron chi connectivity index (χ2n) is 4.51. The van der Waals surface area contributed by atoms with Crippen molar-refractivity contribution in [3.63, 3.8) is 0 Å². The van der Waals surface area contributed by atoms with Crippen molar-refractivity contribution in [2.24, 2.45) is 0 Å². The molecule has 0 amide bonds. The second-order valence-corrected chi connectivity index (χ2v) is 5.51. The van der Waals surface area contributed by atoms with Gasteiger partial charge in [-0.25, -0.2) is 9.78 Å². The highest BCUT2D eigenvalue weighted by Crippen LogP contribution is 2.42. The molecule has 0 aliphatic heterocycles. The van der Waals surface area contributed by atoms with Gasteiger partial charge >= 0.3 is 5.97 Å². The van der Waals surface area contributed by atoms with Gasteiger partial charge in [0.15, 0.2) is 0 Å². The van der Waals surface area contributed by atoms with Crippen molar-refractivity contribution < 1.29 is 9.90 Å². The van der Waals surface area contributed by atoms with E-state index in [1.807, 2.05) is 0 Å². The summed E-state index contributed by atoms with van der Waals surface area (Å²) < 4.78 is 0. The van der Waals surface area contributed by atoms with E-state index in [9.17, 15) is 4.79 Å². The average Bonchev–Trinajstić information content (AvgIpc) is 2.72. The molecule has 4 heteroatoms. The maximum absolute atomic E-state index is 10.9. The van der Waals surface area contributed by atoms with Gasteiger partial charge in [0.1, 0.15) is 4.88 Å². The van der Waals surface area contributed by atoms with E-state index in [1.165, 1.54) is 24.2 Å². The van der Waals surface area contributed by atoms with E-state index in [4.69, 9.17) is 5.11 Å². The van der Waals surface area contributed by atoms with E-state index >= 15 is 0 Å². The van der Waals surface area contributed by atoms with Crippen LogP contribution in [0, 0.1) is 6.92 Å². The first-order valence-corrected chi connectivity index (χ1v) is 6.06. The highest BCUT2D eigenvalue weighted by atomic mass is 32.1. The van der Waals surface area contributed by atoms with Crippen LogP contribution in [-0.4, -0.2) is 16.1 Å². The van der Waals surface area contributed by atoms with E-state index < -0.39 is 5.97 Å². The summed E-state index contributed by atoms with van der Waals surface area (Å²) in [5.41, 5.74) is 0.791. The van der Waals surface area contributed by atoms with Crippen molar-refractivity contribution in [1.82, 2.24) is 4.98 Å². The van der Waals surface area contributed by atoms with E-state index in [0.29, 0.717) is 10.6 Å². The first-order valence-electron chi connectivity index (χ1n) is 5.24. The molecule has 1 N–H and O–H groups in total. The predicted octanol–water partition coefficient (Wildman–Crippen LogP) is 2.98. The lowest BCUT2D eigenvalue weighted by molar-refractivity contribution is 0.0701. The summed E-state index contributed by atoms with van der Waals surface area (Å²) >= 11 is 1.35. The second kappa shape index (κ2) is 3.59. The van der Waals surface area contributed by atoms with Crippen molar-refractivity contribution in [3.05, 3.63) is 15.6 Å². The molecule has 3 nitrogen and oxygen atoms in total. The van der Waals surface area contributed by atoms with Crippen LogP contribution in [0.1, 0.15) is 53.0 Å². The Morgan fingerprint density at radius 1 is 1.47 bits per heavy atom. The molecule has 1 fully saturated rings. The molecule has 1 aliphatic carbocycles. The molecule has 0 saturated heterocycles. The largest absolute Gasteiger partial charge is 0.477 e. The quantitative estimate of drug-likeness (QED) is 0.841. The van der Waals surface area contributed by atoms with Crippen LogP contribution >= 0.6 is 11.3 Å². The van der Waals surface area contributed by atoms with Crippen LogP contribution in [-0.2, 0) is 5.41 Å². The van der Waals surface area contributed by atoms with E-state index in [0.717, 1.165) is 17.8 Å². The third kappa shape index (κ3) is 1.78. The highest BCUT2D eigenvalue weighted by molar-refractivity contribution is 7.13. The normalized spacial score (nSPS) is 19.3. The summed E-state index contributed by atoms with van der Waals surface area (Å²) in [4.78, 5) is 15.7. The minimum Gasteiger partial charge on any atom is -0.477 e. The van der Waals surface area contributed by atoms with E-state index in [1.54, 1.807) is 6.92 Å². The Kier molecular flexibility index (Phi) is 2.54. The lowest BCUT2D eigenvalue weighted by Crippen LogP contribution is -2.16. The molecule has 0 unspecified atom stereocenters. The summed E-state index contributed by atoms with van der Waals surface area (Å²) in [6.45, 7) is 3.98. The number of aromatic nitrogens is 1. The topological polar surface area (TPSA) is 50.2 Å². The third-order valence-electron chi connectivity index (χ3n) is 3.21. The molecule has 1 aliphatic rings. The van der Waals surface area contributed by atoms with Crippen molar-refractivity contribution >= 4 is 17.3 Å². The number of carbonyl (C=O) groups is 1. The molecule has 0 spiro atoms. The SMILES string of the molecule is Cc1nc(C2(C)CCCC2)sc1C(=O)O. The Labute approximate surface area is 93.2 Å². The third-order valence-corrected chi connectivity index (χ3v) is 4.67. The van der Waals surface area contributed by atoms with Crippen LogP contribution in [0.25, 0.3) is 0 Å². The van der Waals surface area contributed by atoms with Gasteiger partial charge < -0.3 is 5.11 Å². The number of hydrogen-bond acceptors (Lipinski definition) is 3. The fraction of sp³-hybridized carbons (Fsp3) is 0.636. The zero-order valence-electron chi connectivity index (χ0n) is 9.04. The van der Waals surface area contributed by atoms with Crippen LogP contribution < -0.4 is 0 Å². The highest BCUT2D eigenvalue weighted by Gasteiger charge is 2.34. The Hall–Kier alpha value is -0.900. The number of rotatable bonds is 2. The van der Waals surface area contributed by atoms with Crippen molar-refractivity contribution in [2.45, 2.75) is 44.9 Å². The van der Waals surface area contributed by atoms with Crippen molar-refractivity contribution in [1.29, 1.82) is 0 Å². The standard InChI is InChI=1S/C11H15NO2S/c1-7-8(9(13)14)15-10(12-7)11(2)5-3-4-6-11/h3-6H2,1-2H3,(H,13,14). The summed E-state index contributed by atoms with van der Waals surface area (Å²) in [6, 6.07) is 0. The lowest BCUT2D eigenvalue weighted by Gasteiger charge is -2.19. The van der Waals surface area contributed by atoms with Crippen LogP contribution in [0.4, 0.5) is 0 Å². The van der Waals surface area contributed by atoms with Gasteiger partial charge in [-0.05, 0) is 19.8 Å². The number of nitrogens with zero attached hydrogens (tertiary/aromatic N) is 1. The van der Waals surface area contributed by atoms with Gasteiger partial charge in [-0.2, -0.15) is 0 Å². The minimum atomic E-state index is -0.849. The van der Waals surface area contributed by atoms with Gasteiger partial charge in [0.25, 0.3) is 0 Å². The van der Waals surface area contributed by atoms with E-state index in [2.05, 4.69) is 11.9 Å². The van der Waals surface area contributed by atoms with Gasteiger partial charge in [-0.3, -0.25) is 0 Å². The zero-order chi connectivity index (χ0) is 11.1. The van der Waals surface area contributed by atoms with Crippen LogP contribution in [0.3, 0.4) is 0 Å². The first kappa shape index (κ1) is 10.6. The number of carboxylic acids is 1. The maximum Gasteiger partial charge on any atom is 0.347 e. The summed E-state index contributed by atoms with van der Waals surface area (Å²) in [5, 5.41) is 9.99. The Bertz CT molecular complexity index is 391. The number of aromatic carboxylic acids is 1. The summed E-state index contributed by atoms with van der Waals surface area (Å²) in [6.07, 6.45) is 4.74. The van der Waals surface area contributed by atoms with Crippen molar-refractivity contribution in [2.75, 3.05) is 0 Å². The summed E-state index contributed by atoms with van der Waals surface area (Å²) in [5.74, 6) is -0.849. The van der Waals surface area contributed by atoms with Gasteiger partial charge in [-0.1, -0.05) is 19.8 Å². The lowest BCUT2D eigenvalue weighted by atomic mass is 9.90. The van der Waals surface area contributed by atoms with Gasteiger partial charge in [0.2, 0.25) is 0 Å². The molecule has 0 radical (unpaired) electrons. The summed E-state index contributed by atoms with van der Waals surface area (Å²) in [7, 11) is 0. The molecular weight excluding hydrogens is 210 g/mol. The molecule has 1 aromatic rings. The fourth-order valence-corrected chi connectivity index (χ4v) is 3.33. The monoisotopic (exact) mass is 225 g/mol. The van der Waals surface area contributed by atoms with Crippen LogP contribution in [0.2, 0.25) is 0 Å². The fourth-order valence-electron chi connectivity index (χ4n) is 2.22. The molecule has 0 aromatic carbocycles. The molecule has 15 heavy (non-hydrogen) atoms. The minimum absolute atomic E-state index is 0.128. The molecule has 1 saturated carbocycles. The number of aryl methyl sites for hydroxylation is 1. The number of hydrogen-bond donors (Lipinski definition) is 1. The maximum atomic E-state index is 10.9. The van der Waals surface area contributed by atoms with Gasteiger partial charge in [-0.15, -0.1) is 11.3 Å². The Morgan fingerprint density at radius 3 is 2.53 bits per heavy atom. The smallest absolute Gasteiger partial charge is 0.347 e. The van der Waals surface area contributed by atoms with Crippen molar-refractivity contribution in [3.8, 4) is 0 Å². The predicted molar refractivity (Wildman–Crippen MR) is 59.6 cm³/mol. The molecule has 82 valence electrons. The van der Waals surface area contributed by atoms with Gasteiger partial charge in [0.05, 0.1) is 10.7 Å². The molecule has 0 bridgehead atoms. The number of thiazole rings is 1. The molecular formula is C11H15NO2S. The Morgan fingerprint density at radius 2 is 2.07 bits per heavy atom. The molecule has 1 aromatic heterocycles.